The van der Waals surface area contributed by atoms with Crippen LogP contribution in [-0.2, 0) is 0 Å². The van der Waals surface area contributed by atoms with Gasteiger partial charge in [0.1, 0.15) is 23.0 Å². The maximum Gasteiger partial charge on any atom is 0.267 e. The number of nitrogens with zero attached hydrogens (tertiary/aromatic N) is 3. The first-order valence-corrected chi connectivity index (χ1v) is 8.66. The lowest BCUT2D eigenvalue weighted by Gasteiger charge is -2.10. The van der Waals surface area contributed by atoms with Crippen molar-refractivity contribution in [2.45, 2.75) is 0 Å². The van der Waals surface area contributed by atoms with Crippen molar-refractivity contribution in [2.75, 3.05) is 11.1 Å². The average Bonchev–Trinajstić information content (AvgIpc) is 3.23. The Balaban J connectivity index is 1.55. The minimum atomic E-state index is -0.620. The van der Waals surface area contributed by atoms with Gasteiger partial charge in [-0.25, -0.2) is 4.98 Å². The Morgan fingerprint density at radius 1 is 1.03 bits per heavy atom. The largest absolute Gasteiger partial charge is 0.457 e. The molecule has 9 heteroatoms. The summed E-state index contributed by atoms with van der Waals surface area (Å²) in [5, 5.41) is 3.19. The fourth-order valence-corrected chi connectivity index (χ4v) is 2.69. The number of nitrogens with two attached hydrogens (primary N) is 2. The molecule has 4 rings (SSSR count). The van der Waals surface area contributed by atoms with Gasteiger partial charge < -0.3 is 26.5 Å². The number of H-pyrrole nitrogens is 1. The second-order valence-corrected chi connectivity index (χ2v) is 6.08. The van der Waals surface area contributed by atoms with Gasteiger partial charge in [-0.1, -0.05) is 6.07 Å². The first-order valence-electron chi connectivity index (χ1n) is 8.66. The van der Waals surface area contributed by atoms with E-state index in [4.69, 9.17) is 16.2 Å². The smallest absolute Gasteiger partial charge is 0.267 e. The third-order valence-corrected chi connectivity index (χ3v) is 3.94. The van der Waals surface area contributed by atoms with Gasteiger partial charge in [0.2, 0.25) is 5.95 Å². The molecule has 0 unspecified atom stereocenters. The molecule has 3 aromatic heterocycles. The number of aromatic amines is 1. The number of amides is 1. The number of carbonyl (C=O) groups is 1. The number of rotatable bonds is 6. The lowest BCUT2D eigenvalue weighted by Crippen LogP contribution is -2.12. The van der Waals surface area contributed by atoms with Crippen LogP contribution in [0, 0.1) is 0 Å². The van der Waals surface area contributed by atoms with Crippen molar-refractivity contribution in [3.63, 3.8) is 0 Å². The Morgan fingerprint density at radius 2 is 1.90 bits per heavy atom. The molecule has 0 atom stereocenters. The topological polar surface area (TPSA) is 145 Å². The summed E-state index contributed by atoms with van der Waals surface area (Å²) in [4.78, 5) is 26.7. The number of carbonyl (C=O) groups excluding carboxylic acids is 1. The Hall–Kier alpha value is -4.40. The van der Waals surface area contributed by atoms with E-state index < -0.39 is 5.91 Å². The van der Waals surface area contributed by atoms with Crippen LogP contribution >= 0.6 is 0 Å². The van der Waals surface area contributed by atoms with Gasteiger partial charge in [-0.2, -0.15) is 4.98 Å². The molecule has 1 amide bonds. The van der Waals surface area contributed by atoms with E-state index in [9.17, 15) is 4.79 Å². The minimum Gasteiger partial charge on any atom is -0.457 e. The van der Waals surface area contributed by atoms with E-state index in [2.05, 4.69) is 25.3 Å². The van der Waals surface area contributed by atoms with Gasteiger partial charge in [-0.15, -0.1) is 0 Å². The molecule has 0 fully saturated rings. The average molecular weight is 387 g/mol. The van der Waals surface area contributed by atoms with E-state index in [1.54, 1.807) is 24.3 Å². The number of nitrogens with one attached hydrogen (secondary N) is 2. The lowest BCUT2D eigenvalue weighted by atomic mass is 10.2. The molecule has 0 bridgehead atoms. The monoisotopic (exact) mass is 387 g/mol. The zero-order chi connectivity index (χ0) is 20.2. The molecule has 0 radical (unpaired) electrons. The van der Waals surface area contributed by atoms with Gasteiger partial charge in [0.05, 0.1) is 11.4 Å². The van der Waals surface area contributed by atoms with Gasteiger partial charge in [0.25, 0.3) is 5.91 Å². The second-order valence-electron chi connectivity index (χ2n) is 6.08. The normalized spacial score (nSPS) is 10.5. The summed E-state index contributed by atoms with van der Waals surface area (Å²) in [6.45, 7) is 0. The highest BCUT2D eigenvalue weighted by Crippen LogP contribution is 2.27. The van der Waals surface area contributed by atoms with Crippen LogP contribution in [0.3, 0.4) is 0 Å². The minimum absolute atomic E-state index is 0.130. The fourth-order valence-electron chi connectivity index (χ4n) is 2.69. The van der Waals surface area contributed by atoms with Crippen molar-refractivity contribution in [1.29, 1.82) is 0 Å². The SMILES string of the molecule is NC(=O)c1cc(Oc2cccc(Nc3cc(-c4ccc[nH]4)nc(N)n3)c2)ccn1. The molecular formula is C20H17N7O2. The van der Waals surface area contributed by atoms with E-state index in [1.807, 2.05) is 30.5 Å². The molecule has 0 saturated carbocycles. The molecule has 3 heterocycles. The highest BCUT2D eigenvalue weighted by atomic mass is 16.5. The fraction of sp³-hybridized carbons (Fsp3) is 0. The van der Waals surface area contributed by atoms with Gasteiger partial charge in [0, 0.05) is 36.3 Å². The molecular weight excluding hydrogens is 370 g/mol. The van der Waals surface area contributed by atoms with E-state index in [-0.39, 0.29) is 11.6 Å². The van der Waals surface area contributed by atoms with E-state index in [1.165, 1.54) is 12.3 Å². The predicted octanol–water partition coefficient (Wildman–Crippen LogP) is 3.08. The summed E-state index contributed by atoms with van der Waals surface area (Å²) in [6, 6.07) is 15.9. The summed E-state index contributed by atoms with van der Waals surface area (Å²) in [7, 11) is 0. The Kier molecular flexibility index (Phi) is 4.77. The zero-order valence-electron chi connectivity index (χ0n) is 15.2. The summed E-state index contributed by atoms with van der Waals surface area (Å²) < 4.78 is 5.80. The summed E-state index contributed by atoms with van der Waals surface area (Å²) in [5.41, 5.74) is 13.5. The number of pyridine rings is 1. The molecule has 0 saturated heterocycles. The first-order chi connectivity index (χ1) is 14.1. The third-order valence-electron chi connectivity index (χ3n) is 3.94. The van der Waals surface area contributed by atoms with Crippen LogP contribution in [-0.4, -0.2) is 25.8 Å². The Morgan fingerprint density at radius 3 is 2.69 bits per heavy atom. The maximum absolute atomic E-state index is 11.3. The molecule has 29 heavy (non-hydrogen) atoms. The van der Waals surface area contributed by atoms with Crippen molar-refractivity contribution in [2.24, 2.45) is 5.73 Å². The predicted molar refractivity (Wildman–Crippen MR) is 109 cm³/mol. The van der Waals surface area contributed by atoms with Gasteiger partial charge in [-0.3, -0.25) is 9.78 Å². The number of hydrogen-bond acceptors (Lipinski definition) is 7. The highest BCUT2D eigenvalue weighted by molar-refractivity contribution is 5.91. The lowest BCUT2D eigenvalue weighted by molar-refractivity contribution is 0.0995. The van der Waals surface area contributed by atoms with Crippen LogP contribution in [0.15, 0.2) is 67.0 Å². The molecule has 4 aromatic rings. The number of ether oxygens (including phenoxy) is 1. The van der Waals surface area contributed by atoms with Crippen molar-refractivity contribution in [3.8, 4) is 22.9 Å². The van der Waals surface area contributed by atoms with Crippen LogP contribution in [0.25, 0.3) is 11.4 Å². The molecule has 0 aliphatic rings. The molecule has 0 spiro atoms. The van der Waals surface area contributed by atoms with Crippen LogP contribution in [0.5, 0.6) is 11.5 Å². The van der Waals surface area contributed by atoms with Gasteiger partial charge >= 0.3 is 0 Å². The quantitative estimate of drug-likeness (QED) is 0.398. The first kappa shape index (κ1) is 18.0. The maximum atomic E-state index is 11.3. The number of nitrogen functional groups attached to an aromatic ring is 1. The number of primary amides is 1. The summed E-state index contributed by atoms with van der Waals surface area (Å²) >= 11 is 0. The van der Waals surface area contributed by atoms with Crippen LogP contribution in [0.2, 0.25) is 0 Å². The molecule has 9 nitrogen and oxygen atoms in total. The second kappa shape index (κ2) is 7.69. The van der Waals surface area contributed by atoms with Crippen molar-refractivity contribution >= 4 is 23.4 Å². The Bertz CT molecular complexity index is 1160. The van der Waals surface area contributed by atoms with Crippen molar-refractivity contribution < 1.29 is 9.53 Å². The van der Waals surface area contributed by atoms with E-state index >= 15 is 0 Å². The highest BCUT2D eigenvalue weighted by Gasteiger charge is 2.08. The van der Waals surface area contributed by atoms with Crippen LogP contribution in [0.1, 0.15) is 10.5 Å². The number of benzene rings is 1. The van der Waals surface area contributed by atoms with Crippen LogP contribution in [0.4, 0.5) is 17.5 Å². The Labute approximate surface area is 165 Å². The van der Waals surface area contributed by atoms with Crippen LogP contribution < -0.4 is 21.5 Å². The number of hydrogen-bond donors (Lipinski definition) is 4. The standard InChI is InChI=1S/C20H17N7O2/c21-19(28)17-10-14(6-8-24-17)29-13-4-1-3-12(9-13)25-18-11-16(26-20(22)27-18)15-5-2-7-23-15/h1-11,23H,(H2,21,28)(H3,22,25,26,27). The number of aromatic nitrogens is 4. The number of anilines is 3. The summed E-state index contributed by atoms with van der Waals surface area (Å²) in [6.07, 6.45) is 3.27. The van der Waals surface area contributed by atoms with E-state index in [0.29, 0.717) is 23.0 Å². The molecule has 6 N–H and O–H groups in total. The molecule has 0 aliphatic carbocycles. The zero-order valence-corrected chi connectivity index (χ0v) is 15.2. The van der Waals surface area contributed by atoms with Crippen molar-refractivity contribution in [3.05, 3.63) is 72.7 Å². The molecule has 144 valence electrons. The molecule has 0 aliphatic heterocycles. The van der Waals surface area contributed by atoms with E-state index in [0.717, 1.165) is 11.4 Å². The van der Waals surface area contributed by atoms with Gasteiger partial charge in [0.15, 0.2) is 0 Å². The summed E-state index contributed by atoms with van der Waals surface area (Å²) in [5.74, 6) is 1.08. The third kappa shape index (κ3) is 4.30. The van der Waals surface area contributed by atoms with Crippen molar-refractivity contribution in [1.82, 2.24) is 19.9 Å². The van der Waals surface area contributed by atoms with Gasteiger partial charge in [-0.05, 0) is 30.3 Å². The molecule has 1 aromatic carbocycles.